The van der Waals surface area contributed by atoms with Gasteiger partial charge in [-0.3, -0.25) is 0 Å². The van der Waals surface area contributed by atoms with E-state index in [0.29, 0.717) is 24.7 Å². The zero-order valence-corrected chi connectivity index (χ0v) is 10.5. The van der Waals surface area contributed by atoms with Gasteiger partial charge in [0.05, 0.1) is 0 Å². The van der Waals surface area contributed by atoms with Crippen LogP contribution in [0.4, 0.5) is 0 Å². The number of rotatable bonds is 4. The molecule has 0 aromatic rings. The SMILES string of the molecule is CC(C)CC(O)C#CC(C)(O)CC(C)C. The lowest BCUT2D eigenvalue weighted by molar-refractivity contribution is 0.0966. The van der Waals surface area contributed by atoms with E-state index < -0.39 is 11.7 Å². The van der Waals surface area contributed by atoms with E-state index >= 15 is 0 Å². The third kappa shape index (κ3) is 8.47. The number of aliphatic hydroxyl groups is 2. The molecule has 0 saturated carbocycles. The molecule has 0 aliphatic heterocycles. The number of hydrogen-bond acceptors (Lipinski definition) is 2. The van der Waals surface area contributed by atoms with Gasteiger partial charge in [-0.25, -0.2) is 0 Å². The van der Waals surface area contributed by atoms with Gasteiger partial charge in [0, 0.05) is 0 Å². The van der Waals surface area contributed by atoms with E-state index in [9.17, 15) is 10.2 Å². The third-order valence-corrected chi connectivity index (χ3v) is 2.01. The molecule has 0 aliphatic rings. The Morgan fingerprint density at radius 3 is 2.07 bits per heavy atom. The van der Waals surface area contributed by atoms with Gasteiger partial charge in [0.2, 0.25) is 0 Å². The highest BCUT2D eigenvalue weighted by Crippen LogP contribution is 2.15. The summed E-state index contributed by atoms with van der Waals surface area (Å²) in [7, 11) is 0. The molecule has 0 aromatic heterocycles. The van der Waals surface area contributed by atoms with E-state index in [1.54, 1.807) is 6.92 Å². The Hall–Kier alpha value is -0.520. The van der Waals surface area contributed by atoms with Crippen LogP contribution in [0.25, 0.3) is 0 Å². The summed E-state index contributed by atoms with van der Waals surface area (Å²) in [5, 5.41) is 19.4. The van der Waals surface area contributed by atoms with Crippen molar-refractivity contribution >= 4 is 0 Å². The second kappa shape index (κ2) is 6.15. The summed E-state index contributed by atoms with van der Waals surface area (Å²) in [5.41, 5.74) is -0.980. The summed E-state index contributed by atoms with van der Waals surface area (Å²) in [5.74, 6) is 6.29. The smallest absolute Gasteiger partial charge is 0.123 e. The molecule has 0 radical (unpaired) electrons. The van der Waals surface area contributed by atoms with Crippen molar-refractivity contribution in [2.75, 3.05) is 0 Å². The molecule has 0 spiro atoms. The minimum absolute atomic E-state index is 0.400. The number of hydrogen-bond donors (Lipinski definition) is 2. The largest absolute Gasteiger partial charge is 0.380 e. The molecule has 2 unspecified atom stereocenters. The molecular weight excluding hydrogens is 188 g/mol. The van der Waals surface area contributed by atoms with E-state index in [-0.39, 0.29) is 0 Å². The second-order valence-corrected chi connectivity index (χ2v) is 5.29. The van der Waals surface area contributed by atoms with Gasteiger partial charge in [-0.05, 0) is 31.6 Å². The highest BCUT2D eigenvalue weighted by Gasteiger charge is 2.18. The normalized spacial score (nSPS) is 17.1. The van der Waals surface area contributed by atoms with Crippen molar-refractivity contribution in [3.8, 4) is 11.8 Å². The van der Waals surface area contributed by atoms with Crippen molar-refractivity contribution in [2.45, 2.75) is 59.2 Å². The molecule has 15 heavy (non-hydrogen) atoms. The minimum atomic E-state index is -0.980. The summed E-state index contributed by atoms with van der Waals surface area (Å²) in [6, 6.07) is 0. The Morgan fingerprint density at radius 1 is 1.13 bits per heavy atom. The van der Waals surface area contributed by atoms with Crippen molar-refractivity contribution in [1.29, 1.82) is 0 Å². The molecule has 2 N–H and O–H groups in total. The number of aliphatic hydroxyl groups excluding tert-OH is 1. The molecule has 0 heterocycles. The van der Waals surface area contributed by atoms with E-state index in [0.717, 1.165) is 0 Å². The van der Waals surface area contributed by atoms with Crippen LogP contribution in [0.5, 0.6) is 0 Å². The molecule has 0 rings (SSSR count). The van der Waals surface area contributed by atoms with Crippen LogP contribution < -0.4 is 0 Å². The predicted molar refractivity (Wildman–Crippen MR) is 63.3 cm³/mol. The van der Waals surface area contributed by atoms with Gasteiger partial charge in [-0.2, -0.15) is 0 Å². The average Bonchev–Trinajstić information content (AvgIpc) is 1.97. The molecule has 0 saturated heterocycles. The molecule has 0 bridgehead atoms. The molecule has 0 fully saturated rings. The van der Waals surface area contributed by atoms with E-state index in [1.165, 1.54) is 0 Å². The quantitative estimate of drug-likeness (QED) is 0.701. The van der Waals surface area contributed by atoms with Crippen LogP contribution in [0.2, 0.25) is 0 Å². The molecule has 2 heteroatoms. The van der Waals surface area contributed by atoms with Gasteiger partial charge in [0.15, 0.2) is 0 Å². The van der Waals surface area contributed by atoms with Gasteiger partial charge in [-0.15, -0.1) is 0 Å². The first-order valence-electron chi connectivity index (χ1n) is 5.66. The molecule has 2 nitrogen and oxygen atoms in total. The first-order valence-corrected chi connectivity index (χ1v) is 5.66. The fourth-order valence-electron chi connectivity index (χ4n) is 1.59. The van der Waals surface area contributed by atoms with Crippen molar-refractivity contribution in [3.63, 3.8) is 0 Å². The molecule has 2 atom stereocenters. The first-order chi connectivity index (χ1) is 6.73. The fourth-order valence-corrected chi connectivity index (χ4v) is 1.59. The van der Waals surface area contributed by atoms with Gasteiger partial charge in [0.25, 0.3) is 0 Å². The second-order valence-electron chi connectivity index (χ2n) is 5.29. The summed E-state index contributed by atoms with van der Waals surface area (Å²) in [6.07, 6.45) is 0.669. The highest BCUT2D eigenvalue weighted by molar-refractivity contribution is 5.15. The monoisotopic (exact) mass is 212 g/mol. The van der Waals surface area contributed by atoms with Crippen molar-refractivity contribution in [1.82, 2.24) is 0 Å². The lowest BCUT2D eigenvalue weighted by atomic mass is 9.94. The Labute approximate surface area is 93.7 Å². The van der Waals surface area contributed by atoms with Crippen LogP contribution in [-0.2, 0) is 0 Å². The van der Waals surface area contributed by atoms with Gasteiger partial charge in [0.1, 0.15) is 11.7 Å². The maximum atomic E-state index is 9.88. The van der Waals surface area contributed by atoms with E-state index in [2.05, 4.69) is 11.8 Å². The summed E-state index contributed by atoms with van der Waals surface area (Å²) in [4.78, 5) is 0. The maximum absolute atomic E-state index is 9.88. The lowest BCUT2D eigenvalue weighted by Gasteiger charge is -2.18. The minimum Gasteiger partial charge on any atom is -0.380 e. The Bertz CT molecular complexity index is 231. The van der Waals surface area contributed by atoms with E-state index in [1.807, 2.05) is 27.7 Å². The van der Waals surface area contributed by atoms with Gasteiger partial charge < -0.3 is 10.2 Å². The molecule has 0 aromatic carbocycles. The van der Waals surface area contributed by atoms with Crippen LogP contribution in [0.1, 0.15) is 47.5 Å². The molecule has 88 valence electrons. The first kappa shape index (κ1) is 14.5. The molecule has 0 amide bonds. The Kier molecular flexibility index (Phi) is 5.93. The van der Waals surface area contributed by atoms with Crippen molar-refractivity contribution in [2.24, 2.45) is 11.8 Å². The van der Waals surface area contributed by atoms with Crippen LogP contribution in [0, 0.1) is 23.7 Å². The lowest BCUT2D eigenvalue weighted by Crippen LogP contribution is -2.24. The van der Waals surface area contributed by atoms with Crippen molar-refractivity contribution in [3.05, 3.63) is 0 Å². The van der Waals surface area contributed by atoms with Gasteiger partial charge >= 0.3 is 0 Å². The van der Waals surface area contributed by atoms with E-state index in [4.69, 9.17) is 0 Å². The maximum Gasteiger partial charge on any atom is 0.123 e. The van der Waals surface area contributed by atoms with Crippen LogP contribution >= 0.6 is 0 Å². The van der Waals surface area contributed by atoms with Crippen molar-refractivity contribution < 1.29 is 10.2 Å². The zero-order chi connectivity index (χ0) is 12.1. The third-order valence-electron chi connectivity index (χ3n) is 2.01. The summed E-state index contributed by atoms with van der Waals surface area (Å²) < 4.78 is 0. The Morgan fingerprint density at radius 2 is 1.67 bits per heavy atom. The van der Waals surface area contributed by atoms with Gasteiger partial charge in [-0.1, -0.05) is 39.5 Å². The van der Waals surface area contributed by atoms with Crippen LogP contribution in [0.3, 0.4) is 0 Å². The standard InChI is InChI=1S/C13H24O2/c1-10(2)8-12(14)6-7-13(5,15)9-11(3)4/h10-12,14-15H,8-9H2,1-5H3. The zero-order valence-electron chi connectivity index (χ0n) is 10.5. The summed E-state index contributed by atoms with van der Waals surface area (Å²) >= 11 is 0. The fraction of sp³-hybridized carbons (Fsp3) is 0.846. The molecule has 0 aliphatic carbocycles. The van der Waals surface area contributed by atoms with Crippen LogP contribution in [-0.4, -0.2) is 21.9 Å². The predicted octanol–water partition coefficient (Wildman–Crippen LogP) is 2.19. The van der Waals surface area contributed by atoms with Crippen LogP contribution in [0.15, 0.2) is 0 Å². The summed E-state index contributed by atoms with van der Waals surface area (Å²) in [6.45, 7) is 9.86. The Balaban J connectivity index is 4.24. The topological polar surface area (TPSA) is 40.5 Å². The highest BCUT2D eigenvalue weighted by atomic mass is 16.3. The molecular formula is C13H24O2. The average molecular weight is 212 g/mol.